The summed E-state index contributed by atoms with van der Waals surface area (Å²) in [6.45, 7) is 12.1. The summed E-state index contributed by atoms with van der Waals surface area (Å²) < 4.78 is 6.25. The number of nitrogens with one attached hydrogen (secondary N) is 1. The van der Waals surface area contributed by atoms with E-state index in [1.807, 2.05) is 0 Å². The fourth-order valence-electron chi connectivity index (χ4n) is 2.60. The van der Waals surface area contributed by atoms with Gasteiger partial charge in [0.15, 0.2) is 0 Å². The first-order valence-electron chi connectivity index (χ1n) is 6.42. The molecule has 0 aromatic carbocycles. The highest BCUT2D eigenvalue weighted by atomic mass is 16.5. The molecule has 1 heterocycles. The van der Waals surface area contributed by atoms with E-state index in [9.17, 15) is 0 Å². The molecular weight excluding hydrogens is 186 g/mol. The topological polar surface area (TPSA) is 21.3 Å². The van der Waals surface area contributed by atoms with Crippen LogP contribution >= 0.6 is 0 Å². The Hall–Kier alpha value is -0.0800. The first-order chi connectivity index (χ1) is 6.99. The van der Waals surface area contributed by atoms with Crippen molar-refractivity contribution in [1.82, 2.24) is 5.32 Å². The lowest BCUT2D eigenvalue weighted by Gasteiger charge is -2.50. The summed E-state index contributed by atoms with van der Waals surface area (Å²) in [4.78, 5) is 0. The van der Waals surface area contributed by atoms with Gasteiger partial charge in [-0.05, 0) is 33.1 Å². The van der Waals surface area contributed by atoms with Crippen molar-refractivity contribution in [3.8, 4) is 0 Å². The van der Waals surface area contributed by atoms with Gasteiger partial charge in [-0.15, -0.1) is 0 Å². The van der Waals surface area contributed by atoms with Gasteiger partial charge in [-0.1, -0.05) is 27.2 Å². The largest absolute Gasteiger partial charge is 0.369 e. The first-order valence-corrected chi connectivity index (χ1v) is 6.42. The molecule has 1 aliphatic heterocycles. The normalized spacial score (nSPS) is 29.0. The van der Waals surface area contributed by atoms with E-state index in [2.05, 4.69) is 39.9 Å². The molecule has 1 fully saturated rings. The van der Waals surface area contributed by atoms with E-state index in [-0.39, 0.29) is 11.1 Å². The van der Waals surface area contributed by atoms with Crippen molar-refractivity contribution in [2.24, 2.45) is 0 Å². The molecule has 15 heavy (non-hydrogen) atoms. The number of hydrogen-bond acceptors (Lipinski definition) is 2. The van der Waals surface area contributed by atoms with Crippen LogP contribution in [0.15, 0.2) is 0 Å². The second-order valence-electron chi connectivity index (χ2n) is 5.37. The average molecular weight is 213 g/mol. The quantitative estimate of drug-likeness (QED) is 0.775. The Labute approximate surface area is 94.8 Å². The third-order valence-corrected chi connectivity index (χ3v) is 3.76. The van der Waals surface area contributed by atoms with Gasteiger partial charge in [0.1, 0.15) is 0 Å². The van der Waals surface area contributed by atoms with Crippen LogP contribution in [0.25, 0.3) is 0 Å². The van der Waals surface area contributed by atoms with E-state index in [1.165, 1.54) is 6.42 Å². The predicted molar refractivity (Wildman–Crippen MR) is 65.2 cm³/mol. The van der Waals surface area contributed by atoms with Crippen LogP contribution < -0.4 is 5.32 Å². The second kappa shape index (κ2) is 4.84. The molecule has 1 aliphatic rings. The van der Waals surface area contributed by atoms with Crippen molar-refractivity contribution < 1.29 is 4.74 Å². The Morgan fingerprint density at radius 2 is 1.80 bits per heavy atom. The maximum Gasteiger partial charge on any atom is 0.0764 e. The van der Waals surface area contributed by atoms with Gasteiger partial charge in [0.25, 0.3) is 0 Å². The molecule has 2 heteroatoms. The standard InChI is InChI=1S/C13H27NO/c1-6-9-11-13(7-2,8-3)14-10-12(4,5)15-11/h11,14H,6-10H2,1-5H3. The zero-order valence-corrected chi connectivity index (χ0v) is 11.0. The van der Waals surface area contributed by atoms with Crippen LogP contribution in [0.5, 0.6) is 0 Å². The molecule has 0 bridgehead atoms. The molecule has 0 amide bonds. The molecule has 0 radical (unpaired) electrons. The van der Waals surface area contributed by atoms with E-state index in [0.717, 1.165) is 25.8 Å². The van der Waals surface area contributed by atoms with Gasteiger partial charge >= 0.3 is 0 Å². The van der Waals surface area contributed by atoms with Crippen molar-refractivity contribution in [3.05, 3.63) is 0 Å². The SMILES string of the molecule is CCCC1OC(C)(C)CNC1(CC)CC. The first kappa shape index (κ1) is 13.0. The zero-order valence-electron chi connectivity index (χ0n) is 11.0. The van der Waals surface area contributed by atoms with Crippen LogP contribution in [0.1, 0.15) is 60.3 Å². The molecular formula is C13H27NO. The van der Waals surface area contributed by atoms with Gasteiger partial charge in [-0.2, -0.15) is 0 Å². The van der Waals surface area contributed by atoms with E-state index in [4.69, 9.17) is 4.74 Å². The zero-order chi connectivity index (χ0) is 11.5. The molecule has 2 nitrogen and oxygen atoms in total. The summed E-state index contributed by atoms with van der Waals surface area (Å²) in [5, 5.41) is 3.73. The fourth-order valence-corrected chi connectivity index (χ4v) is 2.60. The lowest BCUT2D eigenvalue weighted by molar-refractivity contribution is -0.150. The van der Waals surface area contributed by atoms with Crippen LogP contribution in [0.2, 0.25) is 0 Å². The van der Waals surface area contributed by atoms with Crippen molar-refractivity contribution in [1.29, 1.82) is 0 Å². The third kappa shape index (κ3) is 2.73. The summed E-state index contributed by atoms with van der Waals surface area (Å²) in [7, 11) is 0. The monoisotopic (exact) mass is 213 g/mol. The minimum Gasteiger partial charge on any atom is -0.369 e. The molecule has 1 unspecified atom stereocenters. The number of hydrogen-bond donors (Lipinski definition) is 1. The van der Waals surface area contributed by atoms with Crippen molar-refractivity contribution in [2.75, 3.05) is 6.54 Å². The summed E-state index contributed by atoms with van der Waals surface area (Å²) in [6.07, 6.45) is 5.05. The maximum atomic E-state index is 6.25. The Balaban J connectivity index is 2.79. The van der Waals surface area contributed by atoms with Crippen LogP contribution in [0.4, 0.5) is 0 Å². The molecule has 1 N–H and O–H groups in total. The van der Waals surface area contributed by atoms with Crippen LogP contribution in [-0.4, -0.2) is 23.8 Å². The van der Waals surface area contributed by atoms with Gasteiger partial charge in [0, 0.05) is 12.1 Å². The molecule has 90 valence electrons. The Kier molecular flexibility index (Phi) is 4.19. The van der Waals surface area contributed by atoms with Crippen molar-refractivity contribution in [3.63, 3.8) is 0 Å². The minimum atomic E-state index is -0.00627. The molecule has 0 aromatic heterocycles. The van der Waals surface area contributed by atoms with Gasteiger partial charge in [0.05, 0.1) is 11.7 Å². The lowest BCUT2D eigenvalue weighted by atomic mass is 9.81. The van der Waals surface area contributed by atoms with E-state index in [0.29, 0.717) is 6.10 Å². The second-order valence-corrected chi connectivity index (χ2v) is 5.37. The molecule has 1 rings (SSSR count). The van der Waals surface area contributed by atoms with E-state index < -0.39 is 0 Å². The summed E-state index contributed by atoms with van der Waals surface area (Å²) in [5.74, 6) is 0. The molecule has 0 spiro atoms. The van der Waals surface area contributed by atoms with Gasteiger partial charge in [0.2, 0.25) is 0 Å². The highest BCUT2D eigenvalue weighted by molar-refractivity contribution is 5.00. The average Bonchev–Trinajstić information content (AvgIpc) is 2.19. The number of ether oxygens (including phenoxy) is 1. The predicted octanol–water partition coefficient (Wildman–Crippen LogP) is 3.11. The van der Waals surface area contributed by atoms with Crippen molar-refractivity contribution >= 4 is 0 Å². The molecule has 1 saturated heterocycles. The van der Waals surface area contributed by atoms with Crippen LogP contribution in [-0.2, 0) is 4.74 Å². The molecule has 0 saturated carbocycles. The molecule has 0 aliphatic carbocycles. The van der Waals surface area contributed by atoms with E-state index in [1.54, 1.807) is 0 Å². The van der Waals surface area contributed by atoms with Gasteiger partial charge in [-0.25, -0.2) is 0 Å². The van der Waals surface area contributed by atoms with Gasteiger partial charge < -0.3 is 10.1 Å². The lowest BCUT2D eigenvalue weighted by Crippen LogP contribution is -2.65. The summed E-state index contributed by atoms with van der Waals surface area (Å²) in [5.41, 5.74) is 0.208. The summed E-state index contributed by atoms with van der Waals surface area (Å²) >= 11 is 0. The van der Waals surface area contributed by atoms with Crippen LogP contribution in [0, 0.1) is 0 Å². The molecule has 1 atom stereocenters. The summed E-state index contributed by atoms with van der Waals surface area (Å²) in [6, 6.07) is 0. The highest BCUT2D eigenvalue weighted by Crippen LogP contribution is 2.33. The number of morpholine rings is 1. The Morgan fingerprint density at radius 1 is 1.20 bits per heavy atom. The Morgan fingerprint density at radius 3 is 2.27 bits per heavy atom. The highest BCUT2D eigenvalue weighted by Gasteiger charge is 2.43. The Bertz CT molecular complexity index is 197. The third-order valence-electron chi connectivity index (χ3n) is 3.76. The fraction of sp³-hybridized carbons (Fsp3) is 1.00. The van der Waals surface area contributed by atoms with Gasteiger partial charge in [-0.3, -0.25) is 0 Å². The van der Waals surface area contributed by atoms with Crippen molar-refractivity contribution in [2.45, 2.75) is 77.5 Å². The van der Waals surface area contributed by atoms with Crippen LogP contribution in [0.3, 0.4) is 0 Å². The number of rotatable bonds is 4. The smallest absolute Gasteiger partial charge is 0.0764 e. The van der Waals surface area contributed by atoms with E-state index >= 15 is 0 Å². The maximum absolute atomic E-state index is 6.25. The molecule has 0 aromatic rings. The minimum absolute atomic E-state index is 0.00627.